The Balaban J connectivity index is 1.81. The van der Waals surface area contributed by atoms with Gasteiger partial charge in [0.15, 0.2) is 23.0 Å². The van der Waals surface area contributed by atoms with Crippen LogP contribution in [0, 0.1) is 0 Å². The number of rotatable bonds is 7. The van der Waals surface area contributed by atoms with Gasteiger partial charge in [-0.15, -0.1) is 0 Å². The molecule has 0 bridgehead atoms. The van der Waals surface area contributed by atoms with Gasteiger partial charge in [-0.3, -0.25) is 4.79 Å². The Kier molecular flexibility index (Phi) is 6.29. The second-order valence-electron chi connectivity index (χ2n) is 5.88. The van der Waals surface area contributed by atoms with Gasteiger partial charge in [-0.25, -0.2) is 0 Å². The number of halogens is 1. The van der Waals surface area contributed by atoms with Gasteiger partial charge in [0.2, 0.25) is 0 Å². The van der Waals surface area contributed by atoms with Gasteiger partial charge in [0, 0.05) is 17.3 Å². The molecule has 27 heavy (non-hydrogen) atoms. The fourth-order valence-electron chi connectivity index (χ4n) is 2.63. The third kappa shape index (κ3) is 4.57. The topological polar surface area (TPSA) is 66.0 Å². The van der Waals surface area contributed by atoms with Crippen LogP contribution in [0.25, 0.3) is 0 Å². The largest absolute Gasteiger partial charge is 0.490 e. The minimum atomic E-state index is -0.309. The van der Waals surface area contributed by atoms with Gasteiger partial charge >= 0.3 is 0 Å². The lowest BCUT2D eigenvalue weighted by Gasteiger charge is -2.19. The summed E-state index contributed by atoms with van der Waals surface area (Å²) in [6.07, 6.45) is 0.842. The first-order valence-corrected chi connectivity index (χ1v) is 9.30. The second-order valence-corrected chi connectivity index (χ2v) is 6.29. The van der Waals surface area contributed by atoms with Crippen molar-refractivity contribution in [1.29, 1.82) is 0 Å². The molecule has 2 aromatic rings. The molecule has 3 rings (SSSR count). The number of benzene rings is 2. The van der Waals surface area contributed by atoms with Gasteiger partial charge in [0.1, 0.15) is 13.2 Å². The van der Waals surface area contributed by atoms with Crippen LogP contribution in [0.3, 0.4) is 0 Å². The molecule has 0 aliphatic carbocycles. The van der Waals surface area contributed by atoms with Crippen molar-refractivity contribution in [2.45, 2.75) is 20.3 Å². The molecule has 0 fully saturated rings. The molecule has 7 heteroatoms. The lowest BCUT2D eigenvalue weighted by atomic mass is 10.1. The van der Waals surface area contributed by atoms with E-state index < -0.39 is 0 Å². The van der Waals surface area contributed by atoms with Crippen molar-refractivity contribution in [2.24, 2.45) is 0 Å². The average Bonchev–Trinajstić information content (AvgIpc) is 2.67. The van der Waals surface area contributed by atoms with Gasteiger partial charge < -0.3 is 24.3 Å². The van der Waals surface area contributed by atoms with Gasteiger partial charge in [-0.05, 0) is 37.6 Å². The molecule has 0 saturated heterocycles. The molecule has 1 aliphatic rings. The minimum Gasteiger partial charge on any atom is -0.490 e. The first kappa shape index (κ1) is 19.2. The Hall–Kier alpha value is -2.60. The van der Waals surface area contributed by atoms with Crippen LogP contribution in [0.2, 0.25) is 5.02 Å². The maximum atomic E-state index is 12.7. The van der Waals surface area contributed by atoms with Crippen LogP contribution in [0.1, 0.15) is 30.6 Å². The second kappa shape index (κ2) is 8.86. The highest BCUT2D eigenvalue weighted by Gasteiger charge is 2.18. The Bertz CT molecular complexity index is 824. The Morgan fingerprint density at radius 1 is 1.11 bits per heavy atom. The molecule has 144 valence electrons. The Morgan fingerprint density at radius 3 is 2.63 bits per heavy atom. The molecule has 0 spiro atoms. The molecule has 0 radical (unpaired) electrons. The van der Waals surface area contributed by atoms with E-state index in [1.807, 2.05) is 13.8 Å². The van der Waals surface area contributed by atoms with E-state index in [2.05, 4.69) is 5.32 Å². The maximum Gasteiger partial charge on any atom is 0.255 e. The summed E-state index contributed by atoms with van der Waals surface area (Å²) in [6.45, 7) is 5.82. The molecular formula is C20H22ClNO5. The summed E-state index contributed by atoms with van der Waals surface area (Å²) in [4.78, 5) is 12.7. The van der Waals surface area contributed by atoms with Crippen molar-refractivity contribution in [3.8, 4) is 23.0 Å². The predicted molar refractivity (Wildman–Crippen MR) is 104 cm³/mol. The van der Waals surface area contributed by atoms with Crippen LogP contribution >= 0.6 is 11.6 Å². The monoisotopic (exact) mass is 391 g/mol. The summed E-state index contributed by atoms with van der Waals surface area (Å²) in [5.41, 5.74) is 0.979. The summed E-state index contributed by atoms with van der Waals surface area (Å²) in [7, 11) is 0. The number of nitrogens with one attached hydrogen (secondary N) is 1. The van der Waals surface area contributed by atoms with E-state index in [0.29, 0.717) is 65.7 Å². The first-order chi connectivity index (χ1) is 13.1. The predicted octanol–water partition coefficient (Wildman–Crippen LogP) is 4.55. The smallest absolute Gasteiger partial charge is 0.255 e. The number of fused-ring (bicyclic) bond motifs is 1. The number of carbonyl (C=O) groups is 1. The number of hydrogen-bond acceptors (Lipinski definition) is 5. The molecule has 1 amide bonds. The minimum absolute atomic E-state index is 0.309. The van der Waals surface area contributed by atoms with Crippen molar-refractivity contribution in [1.82, 2.24) is 0 Å². The van der Waals surface area contributed by atoms with Crippen molar-refractivity contribution in [3.63, 3.8) is 0 Å². The van der Waals surface area contributed by atoms with Crippen LogP contribution < -0.4 is 24.3 Å². The third-order valence-electron chi connectivity index (χ3n) is 3.82. The lowest BCUT2D eigenvalue weighted by molar-refractivity contribution is 0.102. The number of ether oxygens (including phenoxy) is 4. The highest BCUT2D eigenvalue weighted by Crippen LogP contribution is 2.37. The number of amides is 1. The zero-order valence-corrected chi connectivity index (χ0v) is 16.1. The number of anilines is 1. The molecule has 0 aromatic heterocycles. The molecule has 1 aliphatic heterocycles. The standard InChI is InChI=1S/C20H22ClNO5/c1-3-7-27-19-15(21)10-13(11-18(19)24-4-2)20(23)22-14-5-6-16-17(12-14)26-9-8-25-16/h5-6,10-12H,3-4,7-9H2,1-2H3,(H,22,23). The van der Waals surface area contributed by atoms with Crippen LogP contribution in [0.4, 0.5) is 5.69 Å². The van der Waals surface area contributed by atoms with E-state index in [1.54, 1.807) is 30.3 Å². The normalized spacial score (nSPS) is 12.4. The fourth-order valence-corrected chi connectivity index (χ4v) is 2.90. The van der Waals surface area contributed by atoms with E-state index >= 15 is 0 Å². The van der Waals surface area contributed by atoms with Crippen molar-refractivity contribution in [3.05, 3.63) is 40.9 Å². The molecular weight excluding hydrogens is 370 g/mol. The SMILES string of the molecule is CCCOc1c(Cl)cc(C(=O)Nc2ccc3c(c2)OCCO3)cc1OCC. The van der Waals surface area contributed by atoms with E-state index in [1.165, 1.54) is 0 Å². The van der Waals surface area contributed by atoms with E-state index in [9.17, 15) is 4.79 Å². The molecule has 0 unspecified atom stereocenters. The van der Waals surface area contributed by atoms with Gasteiger partial charge in [0.05, 0.1) is 18.2 Å². The van der Waals surface area contributed by atoms with Gasteiger partial charge in [0.25, 0.3) is 5.91 Å². The van der Waals surface area contributed by atoms with E-state index in [4.69, 9.17) is 30.5 Å². The zero-order valence-electron chi connectivity index (χ0n) is 15.3. The summed E-state index contributed by atoms with van der Waals surface area (Å²) < 4.78 is 22.3. The third-order valence-corrected chi connectivity index (χ3v) is 4.10. The molecule has 1 heterocycles. The molecule has 6 nitrogen and oxygen atoms in total. The van der Waals surface area contributed by atoms with Gasteiger partial charge in [-0.1, -0.05) is 18.5 Å². The first-order valence-electron chi connectivity index (χ1n) is 8.92. The number of hydrogen-bond donors (Lipinski definition) is 1. The van der Waals surface area contributed by atoms with Crippen LogP contribution in [-0.2, 0) is 0 Å². The summed E-state index contributed by atoms with van der Waals surface area (Å²) in [5, 5.41) is 3.17. The summed E-state index contributed by atoms with van der Waals surface area (Å²) >= 11 is 6.33. The van der Waals surface area contributed by atoms with E-state index in [-0.39, 0.29) is 5.91 Å². The molecule has 2 aromatic carbocycles. The highest BCUT2D eigenvalue weighted by molar-refractivity contribution is 6.32. The van der Waals surface area contributed by atoms with E-state index in [0.717, 1.165) is 6.42 Å². The van der Waals surface area contributed by atoms with Crippen LogP contribution in [0.15, 0.2) is 30.3 Å². The number of carbonyl (C=O) groups excluding carboxylic acids is 1. The highest BCUT2D eigenvalue weighted by atomic mass is 35.5. The lowest BCUT2D eigenvalue weighted by Crippen LogP contribution is -2.16. The Labute approximate surface area is 163 Å². The van der Waals surface area contributed by atoms with Gasteiger partial charge in [-0.2, -0.15) is 0 Å². The Morgan fingerprint density at radius 2 is 1.89 bits per heavy atom. The van der Waals surface area contributed by atoms with Crippen molar-refractivity contribution >= 4 is 23.2 Å². The average molecular weight is 392 g/mol. The van der Waals surface area contributed by atoms with Crippen LogP contribution in [0.5, 0.6) is 23.0 Å². The molecule has 1 N–H and O–H groups in total. The van der Waals surface area contributed by atoms with Crippen LogP contribution in [-0.4, -0.2) is 32.3 Å². The van der Waals surface area contributed by atoms with Crippen molar-refractivity contribution in [2.75, 3.05) is 31.7 Å². The fraction of sp³-hybridized carbons (Fsp3) is 0.350. The molecule has 0 saturated carbocycles. The molecule has 0 atom stereocenters. The summed E-state index contributed by atoms with van der Waals surface area (Å²) in [5.74, 6) is 1.87. The van der Waals surface area contributed by atoms with Crippen molar-refractivity contribution < 1.29 is 23.7 Å². The zero-order chi connectivity index (χ0) is 19.2. The maximum absolute atomic E-state index is 12.7. The summed E-state index contributed by atoms with van der Waals surface area (Å²) in [6, 6.07) is 8.46. The quantitative estimate of drug-likeness (QED) is 0.749.